The minimum atomic E-state index is -0.500. The maximum Gasteiger partial charge on any atom is 0.313 e. The topological polar surface area (TPSA) is 60.4 Å². The molecule has 156 valence electrons. The molecular weight excluding hydrogens is 396 g/mol. The Morgan fingerprint density at radius 1 is 1.10 bits per heavy atom. The van der Waals surface area contributed by atoms with E-state index in [1.807, 2.05) is 24.3 Å². The number of esters is 1. The lowest BCUT2D eigenvalue weighted by Crippen LogP contribution is -2.27. The number of carbonyl (C=O) groups is 3. The highest BCUT2D eigenvalue weighted by atomic mass is 32.2. The van der Waals surface area contributed by atoms with Gasteiger partial charge in [0.05, 0.1) is 5.92 Å². The van der Waals surface area contributed by atoms with Gasteiger partial charge in [-0.25, -0.2) is 0 Å². The van der Waals surface area contributed by atoms with E-state index >= 15 is 0 Å². The first-order valence-electron chi connectivity index (χ1n) is 10.6. The second kappa shape index (κ2) is 9.17. The van der Waals surface area contributed by atoms with Gasteiger partial charge in [-0.2, -0.15) is 0 Å². The lowest BCUT2D eigenvalue weighted by molar-refractivity contribution is -0.143. The van der Waals surface area contributed by atoms with Crippen molar-refractivity contribution >= 4 is 29.3 Å². The number of ether oxygens (including phenoxy) is 1. The van der Waals surface area contributed by atoms with Gasteiger partial charge in [0.15, 0.2) is 18.2 Å². The minimum absolute atomic E-state index is 0.143. The van der Waals surface area contributed by atoms with E-state index in [0.29, 0.717) is 11.5 Å². The van der Waals surface area contributed by atoms with E-state index in [2.05, 4.69) is 0 Å². The number of rotatable bonds is 5. The first-order chi connectivity index (χ1) is 14.5. The third-order valence-electron chi connectivity index (χ3n) is 6.26. The summed E-state index contributed by atoms with van der Waals surface area (Å²) < 4.78 is 5.28. The van der Waals surface area contributed by atoms with Crippen LogP contribution in [0, 0.1) is 11.8 Å². The Labute approximate surface area is 181 Å². The molecule has 1 aliphatic carbocycles. The zero-order chi connectivity index (χ0) is 21.1. The summed E-state index contributed by atoms with van der Waals surface area (Å²) in [7, 11) is 0. The molecule has 2 aromatic carbocycles. The molecule has 0 N–H and O–H groups in total. The van der Waals surface area contributed by atoms with Crippen LogP contribution in [-0.4, -0.2) is 29.9 Å². The summed E-state index contributed by atoms with van der Waals surface area (Å²) in [6.07, 6.45) is 4.46. The molecule has 0 aromatic heterocycles. The number of ketones is 2. The Morgan fingerprint density at radius 3 is 2.67 bits per heavy atom. The van der Waals surface area contributed by atoms with Crippen LogP contribution in [0.25, 0.3) is 0 Å². The number of hydrogen-bond acceptors (Lipinski definition) is 5. The average Bonchev–Trinajstić information content (AvgIpc) is 2.94. The molecule has 1 unspecified atom stereocenters. The number of fused-ring (bicyclic) bond motifs is 2. The maximum absolute atomic E-state index is 13.1. The molecule has 0 amide bonds. The molecule has 0 saturated heterocycles. The van der Waals surface area contributed by atoms with Crippen LogP contribution in [0.1, 0.15) is 64.8 Å². The fourth-order valence-electron chi connectivity index (χ4n) is 4.39. The van der Waals surface area contributed by atoms with Crippen LogP contribution < -0.4 is 0 Å². The fourth-order valence-corrected chi connectivity index (χ4v) is 5.72. The molecule has 1 heterocycles. The standard InChI is InChI=1S/C25H26O4S/c1-16(25(28)29-14-22(26)17-7-3-2-4-8-17)18-11-12-21-23(13-18)30-15-19-9-5-6-10-20(19)24(21)27/h2-4,7-8,11-13,16,19-20H,5-6,9-10,14-15H2,1H3/t16?,19-,20+/m1/s1. The molecule has 0 bridgehead atoms. The number of thioether (sulfide) groups is 1. The van der Waals surface area contributed by atoms with E-state index in [1.165, 1.54) is 6.42 Å². The van der Waals surface area contributed by atoms with Gasteiger partial charge in [-0.15, -0.1) is 11.8 Å². The smallest absolute Gasteiger partial charge is 0.313 e. The summed E-state index contributed by atoms with van der Waals surface area (Å²) in [6.45, 7) is 1.51. The summed E-state index contributed by atoms with van der Waals surface area (Å²) in [4.78, 5) is 38.7. The van der Waals surface area contributed by atoms with Crippen LogP contribution in [0.2, 0.25) is 0 Å². The molecule has 3 atom stereocenters. The normalized spacial score (nSPS) is 21.7. The predicted molar refractivity (Wildman–Crippen MR) is 117 cm³/mol. The number of carbonyl (C=O) groups excluding carboxylic acids is 3. The summed E-state index contributed by atoms with van der Waals surface area (Å²) in [5.74, 6) is 0.662. The van der Waals surface area contributed by atoms with Crippen LogP contribution >= 0.6 is 11.8 Å². The van der Waals surface area contributed by atoms with Gasteiger partial charge in [-0.3, -0.25) is 14.4 Å². The van der Waals surface area contributed by atoms with Crippen LogP contribution in [0.15, 0.2) is 53.4 Å². The molecule has 4 rings (SSSR count). The van der Waals surface area contributed by atoms with Crippen LogP contribution in [0.3, 0.4) is 0 Å². The lowest BCUT2D eigenvalue weighted by atomic mass is 9.76. The largest absolute Gasteiger partial charge is 0.457 e. The highest BCUT2D eigenvalue weighted by Gasteiger charge is 2.35. The third-order valence-corrected chi connectivity index (χ3v) is 7.51. The maximum atomic E-state index is 13.1. The molecule has 0 spiro atoms. The van der Waals surface area contributed by atoms with Crippen molar-refractivity contribution in [1.29, 1.82) is 0 Å². The highest BCUT2D eigenvalue weighted by molar-refractivity contribution is 7.99. The number of hydrogen-bond donors (Lipinski definition) is 0. The van der Waals surface area contributed by atoms with E-state index in [1.54, 1.807) is 43.0 Å². The van der Waals surface area contributed by atoms with Crippen molar-refractivity contribution in [3.05, 3.63) is 65.2 Å². The van der Waals surface area contributed by atoms with Crippen molar-refractivity contribution in [1.82, 2.24) is 0 Å². The molecular formula is C25H26O4S. The highest BCUT2D eigenvalue weighted by Crippen LogP contribution is 2.42. The fraction of sp³-hybridized carbons (Fsp3) is 0.400. The van der Waals surface area contributed by atoms with Crippen LogP contribution in [0.4, 0.5) is 0 Å². The van der Waals surface area contributed by atoms with Crippen LogP contribution in [-0.2, 0) is 9.53 Å². The van der Waals surface area contributed by atoms with E-state index in [-0.39, 0.29) is 24.1 Å². The van der Waals surface area contributed by atoms with Gasteiger partial charge in [-0.1, -0.05) is 49.2 Å². The molecule has 1 saturated carbocycles. The Bertz CT molecular complexity index is 953. The summed E-state index contributed by atoms with van der Waals surface area (Å²) in [6, 6.07) is 14.5. The summed E-state index contributed by atoms with van der Waals surface area (Å²) >= 11 is 1.73. The molecule has 2 aromatic rings. The van der Waals surface area contributed by atoms with Crippen LogP contribution in [0.5, 0.6) is 0 Å². The van der Waals surface area contributed by atoms with Crippen molar-refractivity contribution in [2.75, 3.05) is 12.4 Å². The Balaban J connectivity index is 1.44. The molecule has 2 aliphatic rings. The first-order valence-corrected chi connectivity index (χ1v) is 11.6. The van der Waals surface area contributed by atoms with Gasteiger partial charge in [0.1, 0.15) is 0 Å². The quantitative estimate of drug-likeness (QED) is 0.483. The van der Waals surface area contributed by atoms with E-state index in [9.17, 15) is 14.4 Å². The summed E-state index contributed by atoms with van der Waals surface area (Å²) in [5.41, 5.74) is 2.13. The molecule has 0 radical (unpaired) electrons. The van der Waals surface area contributed by atoms with Crippen molar-refractivity contribution < 1.29 is 19.1 Å². The van der Waals surface area contributed by atoms with Gasteiger partial charge in [0, 0.05) is 27.7 Å². The second-order valence-electron chi connectivity index (χ2n) is 8.20. The second-order valence-corrected chi connectivity index (χ2v) is 9.26. The Morgan fingerprint density at radius 2 is 1.87 bits per heavy atom. The Hall–Kier alpha value is -2.40. The molecule has 30 heavy (non-hydrogen) atoms. The van der Waals surface area contributed by atoms with Gasteiger partial charge in [0.2, 0.25) is 0 Å². The van der Waals surface area contributed by atoms with E-state index in [0.717, 1.165) is 41.0 Å². The third kappa shape index (κ3) is 4.36. The van der Waals surface area contributed by atoms with Crippen molar-refractivity contribution in [2.45, 2.75) is 43.4 Å². The molecule has 1 fully saturated rings. The van der Waals surface area contributed by atoms with Gasteiger partial charge in [-0.05, 0) is 43.4 Å². The van der Waals surface area contributed by atoms with Gasteiger partial charge in [0.25, 0.3) is 0 Å². The average molecular weight is 423 g/mol. The van der Waals surface area contributed by atoms with E-state index < -0.39 is 11.9 Å². The zero-order valence-corrected chi connectivity index (χ0v) is 18.0. The monoisotopic (exact) mass is 422 g/mol. The lowest BCUT2D eigenvalue weighted by Gasteiger charge is -2.28. The minimum Gasteiger partial charge on any atom is -0.457 e. The zero-order valence-electron chi connectivity index (χ0n) is 17.1. The predicted octanol–water partition coefficient (Wildman–Crippen LogP) is 5.31. The SMILES string of the molecule is CC(C(=O)OCC(=O)c1ccccc1)c1ccc2c(c1)SC[C@H]1CCCC[C@@H]1C2=O. The number of Topliss-reactive ketones (excluding diaryl/α,β-unsaturated/α-hetero) is 2. The van der Waals surface area contributed by atoms with Crippen molar-refractivity contribution in [2.24, 2.45) is 11.8 Å². The first kappa shape index (κ1) is 20.9. The van der Waals surface area contributed by atoms with Crippen molar-refractivity contribution in [3.8, 4) is 0 Å². The van der Waals surface area contributed by atoms with Gasteiger partial charge < -0.3 is 4.74 Å². The van der Waals surface area contributed by atoms with Crippen molar-refractivity contribution in [3.63, 3.8) is 0 Å². The molecule has 5 heteroatoms. The summed E-state index contributed by atoms with van der Waals surface area (Å²) in [5, 5.41) is 0. The number of benzene rings is 2. The molecule has 1 aliphatic heterocycles. The Kier molecular flexibility index (Phi) is 6.38. The van der Waals surface area contributed by atoms with E-state index in [4.69, 9.17) is 4.74 Å². The molecule has 4 nitrogen and oxygen atoms in total. The van der Waals surface area contributed by atoms with Gasteiger partial charge >= 0.3 is 5.97 Å².